The molecule has 4 fully saturated rings. The summed E-state index contributed by atoms with van der Waals surface area (Å²) < 4.78 is 22.6. The van der Waals surface area contributed by atoms with Crippen LogP contribution in [0.1, 0.15) is 89.5 Å². The zero-order valence-corrected chi connectivity index (χ0v) is 39.6. The Balaban J connectivity index is 0.000000178. The maximum absolute atomic E-state index is 12.7. The Morgan fingerprint density at radius 2 is 1.08 bits per heavy atom. The summed E-state index contributed by atoms with van der Waals surface area (Å²) in [5.41, 5.74) is 3.80. The van der Waals surface area contributed by atoms with Gasteiger partial charge in [0.25, 0.3) is 0 Å². The van der Waals surface area contributed by atoms with Gasteiger partial charge in [0.2, 0.25) is 0 Å². The molecular formula is C54H72N4O7. The second kappa shape index (κ2) is 23.7. The Kier molecular flexibility index (Phi) is 17.9. The van der Waals surface area contributed by atoms with Crippen molar-refractivity contribution in [1.82, 2.24) is 20.0 Å². The molecule has 65 heavy (non-hydrogen) atoms. The molecule has 4 heterocycles. The first kappa shape index (κ1) is 49.1. The third-order valence-electron chi connectivity index (χ3n) is 12.3. The number of amides is 2. The van der Waals surface area contributed by atoms with Crippen LogP contribution < -0.4 is 14.8 Å². The van der Waals surface area contributed by atoms with Crippen LogP contribution in [0.3, 0.4) is 0 Å². The monoisotopic (exact) mass is 889 g/mol. The number of carbonyl (C=O) groups is 3. The molecule has 2 amide bonds. The lowest BCUT2D eigenvalue weighted by Crippen LogP contribution is -2.51. The van der Waals surface area contributed by atoms with Gasteiger partial charge in [-0.3, -0.25) is 0 Å². The van der Waals surface area contributed by atoms with E-state index in [1.807, 2.05) is 124 Å². The maximum atomic E-state index is 12.7. The van der Waals surface area contributed by atoms with Crippen molar-refractivity contribution in [1.29, 1.82) is 0 Å². The summed E-state index contributed by atoms with van der Waals surface area (Å²) in [5, 5.41) is 3.35. The fraction of sp³-hybridized carbons (Fsp3) is 0.500. The number of nitrogens with one attached hydrogen (secondary N) is 1. The second-order valence-electron chi connectivity index (χ2n) is 19.6. The lowest BCUT2D eigenvalue weighted by Gasteiger charge is -2.38. The number of benzene rings is 4. The molecule has 4 atom stereocenters. The molecule has 0 spiro atoms. The molecular weight excluding hydrogens is 817 g/mol. The highest BCUT2D eigenvalue weighted by Crippen LogP contribution is 2.33. The average Bonchev–Trinajstić information content (AvgIpc) is 3.93. The molecule has 0 bridgehead atoms. The normalized spacial score (nSPS) is 20.5. The summed E-state index contributed by atoms with van der Waals surface area (Å²) in [6, 6.07) is 36.9. The van der Waals surface area contributed by atoms with E-state index < -0.39 is 11.2 Å². The minimum Gasteiger partial charge on any atom is -0.489 e. The second-order valence-corrected chi connectivity index (χ2v) is 19.6. The first-order valence-electron chi connectivity index (χ1n) is 23.6. The Morgan fingerprint density at radius 3 is 1.58 bits per heavy atom. The number of hydrogen-bond donors (Lipinski definition) is 1. The Bertz CT molecular complexity index is 2050. The van der Waals surface area contributed by atoms with Crippen molar-refractivity contribution in [3.63, 3.8) is 0 Å². The first-order valence-corrected chi connectivity index (χ1v) is 23.6. The molecule has 11 heteroatoms. The van der Waals surface area contributed by atoms with Crippen molar-refractivity contribution in [2.45, 2.75) is 117 Å². The predicted molar refractivity (Wildman–Crippen MR) is 256 cm³/mol. The van der Waals surface area contributed by atoms with Crippen LogP contribution in [0.15, 0.2) is 109 Å². The van der Waals surface area contributed by atoms with Gasteiger partial charge in [0.05, 0.1) is 12.1 Å². The summed E-state index contributed by atoms with van der Waals surface area (Å²) >= 11 is 0. The molecule has 0 saturated carbocycles. The first-order chi connectivity index (χ1) is 31.2. The van der Waals surface area contributed by atoms with Gasteiger partial charge in [-0.05, 0) is 145 Å². The van der Waals surface area contributed by atoms with E-state index in [1.165, 1.54) is 17.5 Å². The van der Waals surface area contributed by atoms with E-state index >= 15 is 0 Å². The van der Waals surface area contributed by atoms with Gasteiger partial charge >= 0.3 is 12.2 Å². The number of carbonyl (C=O) groups excluding carboxylic acids is 3. The van der Waals surface area contributed by atoms with E-state index in [9.17, 15) is 14.4 Å². The molecule has 0 unspecified atom stereocenters. The SMILES string of the molecule is CC(C)(C)OC(=O)N1CC[C@@H]2CCN(CCc3ccc(OCc4ccccc4)cc3)C[C@@H]21.CC(C)(C)OC(=O)N1CC[C@@H]2CCNC[C@@H]21.O=CCc1ccc(OCc2ccccc2)cc1. The number of likely N-dealkylation sites (tertiary alicyclic amines) is 3. The zero-order chi connectivity index (χ0) is 46.2. The van der Waals surface area contributed by atoms with Gasteiger partial charge in [0.1, 0.15) is 42.2 Å². The van der Waals surface area contributed by atoms with Crippen LogP contribution in [-0.4, -0.2) is 102 Å². The summed E-state index contributed by atoms with van der Waals surface area (Å²) in [5.74, 6) is 3.01. The van der Waals surface area contributed by atoms with Crippen LogP contribution in [0.4, 0.5) is 9.59 Å². The van der Waals surface area contributed by atoms with Crippen LogP contribution in [0.2, 0.25) is 0 Å². The smallest absolute Gasteiger partial charge is 0.410 e. The lowest BCUT2D eigenvalue weighted by molar-refractivity contribution is -0.107. The van der Waals surface area contributed by atoms with Crippen molar-refractivity contribution in [2.75, 3.05) is 45.8 Å². The van der Waals surface area contributed by atoms with Crippen molar-refractivity contribution < 1.29 is 33.3 Å². The van der Waals surface area contributed by atoms with E-state index in [0.717, 1.165) is 100 Å². The van der Waals surface area contributed by atoms with Crippen molar-refractivity contribution in [3.8, 4) is 11.5 Å². The molecule has 0 aromatic heterocycles. The Hall–Kier alpha value is -5.39. The summed E-state index contributed by atoms with van der Waals surface area (Å²) in [7, 11) is 0. The van der Waals surface area contributed by atoms with Crippen LogP contribution >= 0.6 is 0 Å². The van der Waals surface area contributed by atoms with Crippen LogP contribution in [-0.2, 0) is 40.3 Å². The van der Waals surface area contributed by atoms with E-state index in [-0.39, 0.29) is 18.2 Å². The number of ether oxygens (including phenoxy) is 4. The van der Waals surface area contributed by atoms with Gasteiger partial charge in [-0.15, -0.1) is 0 Å². The highest BCUT2D eigenvalue weighted by Gasteiger charge is 2.42. The molecule has 0 aliphatic carbocycles. The highest BCUT2D eigenvalue weighted by atomic mass is 16.6. The Labute approximate surface area is 387 Å². The van der Waals surface area contributed by atoms with Crippen LogP contribution in [0, 0.1) is 11.8 Å². The molecule has 0 radical (unpaired) electrons. The van der Waals surface area contributed by atoms with Gasteiger partial charge in [-0.1, -0.05) is 84.9 Å². The number of fused-ring (bicyclic) bond motifs is 2. The minimum atomic E-state index is -0.444. The highest BCUT2D eigenvalue weighted by molar-refractivity contribution is 5.69. The number of aldehydes is 1. The molecule has 11 nitrogen and oxygen atoms in total. The fourth-order valence-electron chi connectivity index (χ4n) is 8.91. The van der Waals surface area contributed by atoms with Crippen LogP contribution in [0.5, 0.6) is 11.5 Å². The van der Waals surface area contributed by atoms with Gasteiger partial charge in [0.15, 0.2) is 0 Å². The lowest BCUT2D eigenvalue weighted by atomic mass is 9.92. The third kappa shape index (κ3) is 15.9. The largest absolute Gasteiger partial charge is 0.489 e. The summed E-state index contributed by atoms with van der Waals surface area (Å²) in [4.78, 5) is 41.4. The van der Waals surface area contributed by atoms with Gasteiger partial charge in [-0.2, -0.15) is 0 Å². The third-order valence-corrected chi connectivity index (χ3v) is 12.3. The number of rotatable bonds is 11. The van der Waals surface area contributed by atoms with Gasteiger partial charge < -0.3 is 43.8 Å². The number of piperidine rings is 2. The zero-order valence-electron chi connectivity index (χ0n) is 39.6. The predicted octanol–water partition coefficient (Wildman–Crippen LogP) is 9.75. The molecule has 4 saturated heterocycles. The topological polar surface area (TPSA) is 110 Å². The van der Waals surface area contributed by atoms with Crippen molar-refractivity contribution >= 4 is 18.5 Å². The average molecular weight is 889 g/mol. The molecule has 4 aliphatic rings. The molecule has 1 N–H and O–H groups in total. The number of nitrogens with zero attached hydrogens (tertiary/aromatic N) is 3. The van der Waals surface area contributed by atoms with E-state index in [2.05, 4.69) is 46.6 Å². The maximum Gasteiger partial charge on any atom is 0.410 e. The van der Waals surface area contributed by atoms with E-state index in [1.54, 1.807) is 0 Å². The standard InChI is InChI=1S/C27H36N2O3.C15H14O2.C12H22N2O2/c1-27(2,3)32-26(30)29-18-15-23-14-17-28(19-25(23)29)16-13-21-9-11-24(12-10-21)31-20-22-7-5-4-6-8-22;16-11-10-13-6-8-15(9-7-13)17-12-14-4-2-1-3-5-14;1-12(2,3)16-11(15)14-7-5-9-4-6-13-8-10(9)14/h4-12,23,25H,13-20H2,1-3H3;1-9,11H,10,12H2;9-10,13H,4-8H2,1-3H3/t23-,25-;;9-,10-/m0.0/s1. The Morgan fingerprint density at radius 1 is 0.600 bits per heavy atom. The van der Waals surface area contributed by atoms with Crippen LogP contribution in [0.25, 0.3) is 0 Å². The molecule has 4 aromatic rings. The molecule has 8 rings (SSSR count). The molecule has 4 aromatic carbocycles. The van der Waals surface area contributed by atoms with Gasteiger partial charge in [-0.25, -0.2) is 9.59 Å². The number of hydrogen-bond acceptors (Lipinski definition) is 9. The minimum absolute atomic E-state index is 0.149. The van der Waals surface area contributed by atoms with E-state index in [4.69, 9.17) is 18.9 Å². The van der Waals surface area contributed by atoms with Crippen molar-refractivity contribution in [2.24, 2.45) is 11.8 Å². The van der Waals surface area contributed by atoms with E-state index in [0.29, 0.717) is 37.5 Å². The fourth-order valence-corrected chi connectivity index (χ4v) is 8.91. The quantitative estimate of drug-likeness (QED) is 0.147. The summed E-state index contributed by atoms with van der Waals surface area (Å²) in [6.45, 7) is 19.4. The summed E-state index contributed by atoms with van der Waals surface area (Å²) in [6.07, 6.45) is 6.64. The van der Waals surface area contributed by atoms with Crippen molar-refractivity contribution in [3.05, 3.63) is 131 Å². The molecule has 350 valence electrons. The molecule has 4 aliphatic heterocycles. The van der Waals surface area contributed by atoms with Gasteiger partial charge in [0, 0.05) is 39.1 Å².